The van der Waals surface area contributed by atoms with E-state index >= 15 is 0 Å². The van der Waals surface area contributed by atoms with Crippen LogP contribution >= 0.6 is 11.6 Å². The van der Waals surface area contributed by atoms with E-state index in [0.717, 1.165) is 16.7 Å². The highest BCUT2D eigenvalue weighted by atomic mass is 35.5. The summed E-state index contributed by atoms with van der Waals surface area (Å²) in [6.07, 6.45) is 0. The number of amides is 1. The monoisotopic (exact) mass is 612 g/mol. The Morgan fingerprint density at radius 3 is 2.48 bits per heavy atom. The van der Waals surface area contributed by atoms with Crippen molar-refractivity contribution in [1.82, 2.24) is 19.3 Å². The van der Waals surface area contributed by atoms with Gasteiger partial charge in [-0.1, -0.05) is 37.6 Å². The van der Waals surface area contributed by atoms with E-state index in [0.29, 0.717) is 35.5 Å². The number of hydrogen-bond donors (Lipinski definition) is 2. The second-order valence-corrected chi connectivity index (χ2v) is 12.8. The van der Waals surface area contributed by atoms with Crippen molar-refractivity contribution in [2.75, 3.05) is 10.2 Å². The predicted molar refractivity (Wildman–Crippen MR) is 159 cm³/mol. The fraction of sp³-hybridized carbons (Fsp3) is 0.310. The van der Waals surface area contributed by atoms with Gasteiger partial charge in [0, 0.05) is 31.6 Å². The molecule has 0 spiro atoms. The molecule has 1 amide bonds. The van der Waals surface area contributed by atoms with Gasteiger partial charge in [-0.3, -0.25) is 14.2 Å². The SMILES string of the molecule is Cc1cc([C@@H](C)Nc2ccc(Cl)nc2S(=O)(=O)NC(=O)C(C)C)c2nc(N3Cc4ccc(F)cc4C3)n(C)c(=O)c2c1. The molecule has 0 saturated heterocycles. The van der Waals surface area contributed by atoms with Gasteiger partial charge in [0.05, 0.1) is 22.6 Å². The van der Waals surface area contributed by atoms with Gasteiger partial charge in [0.25, 0.3) is 15.6 Å². The molecule has 2 N–H and O–H groups in total. The summed E-state index contributed by atoms with van der Waals surface area (Å²) in [6.45, 7) is 7.68. The van der Waals surface area contributed by atoms with Gasteiger partial charge in [0.1, 0.15) is 11.0 Å². The lowest BCUT2D eigenvalue weighted by atomic mass is 10.0. The van der Waals surface area contributed by atoms with Crippen LogP contribution in [0.4, 0.5) is 16.0 Å². The first-order valence-electron chi connectivity index (χ1n) is 13.3. The molecule has 0 unspecified atom stereocenters. The van der Waals surface area contributed by atoms with Crippen molar-refractivity contribution in [3.8, 4) is 0 Å². The summed E-state index contributed by atoms with van der Waals surface area (Å²) in [5.74, 6) is -1.15. The second kappa shape index (κ2) is 11.0. The molecular weight excluding hydrogens is 583 g/mol. The number of aromatic nitrogens is 3. The molecule has 13 heteroatoms. The molecular formula is C29H30ClFN6O4S. The first-order chi connectivity index (χ1) is 19.7. The average Bonchev–Trinajstić information content (AvgIpc) is 3.34. The molecule has 5 rings (SSSR count). The Morgan fingerprint density at radius 2 is 1.76 bits per heavy atom. The number of fused-ring (bicyclic) bond motifs is 2. The van der Waals surface area contributed by atoms with E-state index in [9.17, 15) is 22.4 Å². The van der Waals surface area contributed by atoms with Gasteiger partial charge in [-0.15, -0.1) is 0 Å². The molecule has 0 aliphatic carbocycles. The third kappa shape index (κ3) is 5.56. The van der Waals surface area contributed by atoms with E-state index in [4.69, 9.17) is 16.6 Å². The van der Waals surface area contributed by atoms with Crippen molar-refractivity contribution in [2.24, 2.45) is 13.0 Å². The maximum Gasteiger partial charge on any atom is 0.283 e. The number of aryl methyl sites for hydroxylation is 1. The summed E-state index contributed by atoms with van der Waals surface area (Å²) in [4.78, 5) is 36.6. The van der Waals surface area contributed by atoms with Gasteiger partial charge < -0.3 is 10.2 Å². The average molecular weight is 613 g/mol. The molecule has 42 heavy (non-hydrogen) atoms. The summed E-state index contributed by atoms with van der Waals surface area (Å²) in [5.41, 5.74) is 3.56. The standard InChI is InChI=1S/C29H30ClFN6O4S/c1-15(2)26(38)35-42(40,41)27-23(8-9-24(30)33-27)32-17(4)21-10-16(3)11-22-25(21)34-29(36(5)28(22)39)37-13-18-6-7-20(31)12-19(18)14-37/h6-12,15,17,32H,13-14H2,1-5H3,(H,35,38)/t17-/m1/s1. The van der Waals surface area contributed by atoms with Gasteiger partial charge >= 0.3 is 0 Å². The van der Waals surface area contributed by atoms with E-state index in [1.807, 2.05) is 22.6 Å². The number of carbonyl (C=O) groups excluding carboxylic acids is 1. The molecule has 0 bridgehead atoms. The number of benzene rings is 2. The lowest BCUT2D eigenvalue weighted by Crippen LogP contribution is -2.34. The van der Waals surface area contributed by atoms with E-state index in [-0.39, 0.29) is 22.2 Å². The Morgan fingerprint density at radius 1 is 1.05 bits per heavy atom. The van der Waals surface area contributed by atoms with Crippen molar-refractivity contribution < 1.29 is 17.6 Å². The van der Waals surface area contributed by atoms with Gasteiger partial charge in [0.2, 0.25) is 16.9 Å². The number of hydrogen-bond acceptors (Lipinski definition) is 8. The molecule has 2 aromatic heterocycles. The van der Waals surface area contributed by atoms with Gasteiger partial charge in [-0.2, -0.15) is 8.42 Å². The molecule has 1 aliphatic rings. The van der Waals surface area contributed by atoms with Gasteiger partial charge in [-0.25, -0.2) is 19.1 Å². The van der Waals surface area contributed by atoms with Crippen molar-refractivity contribution >= 4 is 50.1 Å². The Labute approximate surface area is 247 Å². The largest absolute Gasteiger partial charge is 0.376 e. The minimum absolute atomic E-state index is 0.0622. The van der Waals surface area contributed by atoms with Crippen molar-refractivity contribution in [1.29, 1.82) is 0 Å². The zero-order chi connectivity index (χ0) is 30.5. The van der Waals surface area contributed by atoms with Crippen LogP contribution in [0.5, 0.6) is 0 Å². The summed E-state index contributed by atoms with van der Waals surface area (Å²) in [5, 5.41) is 3.08. The molecule has 3 heterocycles. The number of carbonyl (C=O) groups is 1. The Bertz CT molecular complexity index is 1910. The number of anilines is 2. The highest BCUT2D eigenvalue weighted by Crippen LogP contribution is 2.32. The summed E-state index contributed by atoms with van der Waals surface area (Å²) >= 11 is 6.04. The number of nitrogens with one attached hydrogen (secondary N) is 2. The normalized spacial score (nSPS) is 13.9. The molecule has 10 nitrogen and oxygen atoms in total. The molecule has 1 atom stereocenters. The van der Waals surface area contributed by atoms with E-state index in [1.165, 1.54) is 28.8 Å². The lowest BCUT2D eigenvalue weighted by molar-refractivity contribution is -0.122. The van der Waals surface area contributed by atoms with Crippen LogP contribution in [0.2, 0.25) is 5.15 Å². The molecule has 1 aliphatic heterocycles. The van der Waals surface area contributed by atoms with E-state index in [1.54, 1.807) is 40.0 Å². The summed E-state index contributed by atoms with van der Waals surface area (Å²) in [6, 6.07) is 10.6. The number of sulfonamides is 1. The Kier molecular flexibility index (Phi) is 7.71. The minimum Gasteiger partial charge on any atom is -0.376 e. The van der Waals surface area contributed by atoms with Crippen LogP contribution in [-0.4, -0.2) is 28.9 Å². The second-order valence-electron chi connectivity index (χ2n) is 10.8. The Balaban J connectivity index is 1.56. The quantitative estimate of drug-likeness (QED) is 0.290. The van der Waals surface area contributed by atoms with E-state index < -0.39 is 32.9 Å². The topological polar surface area (TPSA) is 126 Å². The third-order valence-corrected chi connectivity index (χ3v) is 8.68. The maximum absolute atomic E-state index is 13.9. The van der Waals surface area contributed by atoms with Crippen molar-refractivity contribution in [3.63, 3.8) is 0 Å². The van der Waals surface area contributed by atoms with E-state index in [2.05, 4.69) is 10.3 Å². The maximum atomic E-state index is 13.9. The van der Waals surface area contributed by atoms with Crippen LogP contribution < -0.4 is 20.5 Å². The van der Waals surface area contributed by atoms with Crippen LogP contribution in [0, 0.1) is 18.7 Å². The first-order valence-corrected chi connectivity index (χ1v) is 15.1. The lowest BCUT2D eigenvalue weighted by Gasteiger charge is -2.23. The third-order valence-electron chi connectivity index (χ3n) is 7.18. The highest BCUT2D eigenvalue weighted by Gasteiger charge is 2.28. The molecule has 2 aromatic carbocycles. The van der Waals surface area contributed by atoms with Crippen LogP contribution in [0.3, 0.4) is 0 Å². The van der Waals surface area contributed by atoms with Gasteiger partial charge in [-0.05, 0) is 60.9 Å². The predicted octanol–water partition coefficient (Wildman–Crippen LogP) is 4.58. The fourth-order valence-corrected chi connectivity index (χ4v) is 6.43. The van der Waals surface area contributed by atoms with Crippen LogP contribution in [0.15, 0.2) is 52.3 Å². The Hall–Kier alpha value is -4.03. The number of rotatable bonds is 7. The number of pyridine rings is 1. The van der Waals surface area contributed by atoms with Gasteiger partial charge in [0.15, 0.2) is 0 Å². The molecule has 0 saturated carbocycles. The summed E-state index contributed by atoms with van der Waals surface area (Å²) in [7, 11) is -2.70. The molecule has 220 valence electrons. The van der Waals surface area contributed by atoms with Crippen LogP contribution in [0.1, 0.15) is 49.1 Å². The number of nitrogens with zero attached hydrogens (tertiary/aromatic N) is 4. The van der Waals surface area contributed by atoms with Crippen LogP contribution in [0.25, 0.3) is 10.9 Å². The summed E-state index contributed by atoms with van der Waals surface area (Å²) < 4.78 is 43.6. The van der Waals surface area contributed by atoms with Crippen LogP contribution in [-0.2, 0) is 35.0 Å². The molecule has 4 aromatic rings. The molecule has 0 radical (unpaired) electrons. The zero-order valence-corrected chi connectivity index (χ0v) is 25.3. The highest BCUT2D eigenvalue weighted by molar-refractivity contribution is 7.90. The smallest absolute Gasteiger partial charge is 0.283 e. The number of halogens is 2. The minimum atomic E-state index is -4.36. The zero-order valence-electron chi connectivity index (χ0n) is 23.7. The molecule has 0 fully saturated rings. The first kappa shape index (κ1) is 29.5. The van der Waals surface area contributed by atoms with Crippen molar-refractivity contribution in [3.05, 3.63) is 86.0 Å². The fourth-order valence-electron chi connectivity index (χ4n) is 5.00. The van der Waals surface area contributed by atoms with Crippen molar-refractivity contribution in [2.45, 2.75) is 51.9 Å².